The molecule has 2 amide bonds. The predicted molar refractivity (Wildman–Crippen MR) is 159 cm³/mol. The molecule has 7 nitrogen and oxygen atoms in total. The van der Waals surface area contributed by atoms with Crippen LogP contribution in [0.2, 0.25) is 0 Å². The summed E-state index contributed by atoms with van der Waals surface area (Å²) in [5.74, 6) is -0.532. The first kappa shape index (κ1) is 25.0. The lowest BCUT2D eigenvalue weighted by Crippen LogP contribution is -2.23. The second-order valence-electron chi connectivity index (χ2n) is 9.52. The standard InChI is InChI=1S/C33H27N5O2/c34-20-32(39)36-26-14-16-27(17-15-26)38-31(19-30(37-38)33(40)35-21-22-6-2-1-3-7-22)25-13-12-24-11-10-23-8-4-5-9-28(23)29(24)18-25/h1-19H,20-21,34H2,(H,35,40)(H,36,39). The Morgan fingerprint density at radius 2 is 1.45 bits per heavy atom. The highest BCUT2D eigenvalue weighted by Crippen LogP contribution is 2.32. The second-order valence-corrected chi connectivity index (χ2v) is 9.52. The maximum Gasteiger partial charge on any atom is 0.272 e. The van der Waals surface area contributed by atoms with Gasteiger partial charge in [0.15, 0.2) is 5.69 Å². The summed E-state index contributed by atoms with van der Waals surface area (Å²) in [5.41, 5.74) is 9.83. The number of fused-ring (bicyclic) bond motifs is 3. The summed E-state index contributed by atoms with van der Waals surface area (Å²) in [6.07, 6.45) is 0. The quantitative estimate of drug-likeness (QED) is 0.234. The molecule has 1 aromatic heterocycles. The van der Waals surface area contributed by atoms with E-state index in [1.54, 1.807) is 16.8 Å². The Balaban J connectivity index is 1.42. The minimum absolute atomic E-state index is 0.0941. The zero-order valence-corrected chi connectivity index (χ0v) is 21.7. The fourth-order valence-corrected chi connectivity index (χ4v) is 4.82. The van der Waals surface area contributed by atoms with Gasteiger partial charge in [-0.1, -0.05) is 78.9 Å². The minimum Gasteiger partial charge on any atom is -0.347 e. The molecule has 4 N–H and O–H groups in total. The largest absolute Gasteiger partial charge is 0.347 e. The maximum absolute atomic E-state index is 13.2. The summed E-state index contributed by atoms with van der Waals surface area (Å²) < 4.78 is 1.76. The van der Waals surface area contributed by atoms with Crippen LogP contribution in [0.25, 0.3) is 38.5 Å². The molecule has 0 atom stereocenters. The van der Waals surface area contributed by atoms with E-state index in [1.165, 1.54) is 0 Å². The maximum atomic E-state index is 13.2. The summed E-state index contributed by atoms with van der Waals surface area (Å²) in [7, 11) is 0. The van der Waals surface area contributed by atoms with Crippen molar-refractivity contribution < 1.29 is 9.59 Å². The average Bonchev–Trinajstić information content (AvgIpc) is 3.46. The van der Waals surface area contributed by atoms with Crippen molar-refractivity contribution in [3.8, 4) is 16.9 Å². The molecule has 0 aliphatic rings. The molecule has 7 heteroatoms. The minimum atomic E-state index is -0.270. The Kier molecular flexibility index (Phi) is 6.78. The summed E-state index contributed by atoms with van der Waals surface area (Å²) in [6.45, 7) is 0.308. The molecule has 0 unspecified atom stereocenters. The van der Waals surface area contributed by atoms with Crippen molar-refractivity contribution in [2.45, 2.75) is 6.54 Å². The van der Waals surface area contributed by atoms with Gasteiger partial charge in [0, 0.05) is 17.8 Å². The number of carbonyl (C=O) groups is 2. The number of amides is 2. The first-order valence-corrected chi connectivity index (χ1v) is 13.0. The van der Waals surface area contributed by atoms with Crippen molar-refractivity contribution in [1.82, 2.24) is 15.1 Å². The highest BCUT2D eigenvalue weighted by molar-refractivity contribution is 6.08. The third kappa shape index (κ3) is 5.06. The number of aromatic nitrogens is 2. The van der Waals surface area contributed by atoms with Crippen LogP contribution in [0.15, 0.2) is 115 Å². The van der Waals surface area contributed by atoms with E-state index in [2.05, 4.69) is 47.0 Å². The van der Waals surface area contributed by atoms with Crippen molar-refractivity contribution >= 4 is 39.0 Å². The molecule has 6 aromatic rings. The van der Waals surface area contributed by atoms with Crippen LogP contribution in [0, 0.1) is 0 Å². The van der Waals surface area contributed by atoms with Gasteiger partial charge in [-0.05, 0) is 63.5 Å². The second kappa shape index (κ2) is 10.8. The molecule has 0 bridgehead atoms. The molecule has 0 radical (unpaired) electrons. The van der Waals surface area contributed by atoms with E-state index in [0.29, 0.717) is 17.9 Å². The topological polar surface area (TPSA) is 102 Å². The number of nitrogens with one attached hydrogen (secondary N) is 2. The molecular formula is C33H27N5O2. The lowest BCUT2D eigenvalue weighted by Gasteiger charge is -2.11. The van der Waals surface area contributed by atoms with Gasteiger partial charge in [0.1, 0.15) is 0 Å². The number of hydrogen-bond donors (Lipinski definition) is 3. The Labute approximate surface area is 231 Å². The number of anilines is 1. The van der Waals surface area contributed by atoms with Crippen LogP contribution in [-0.2, 0) is 11.3 Å². The van der Waals surface area contributed by atoms with Gasteiger partial charge in [0.05, 0.1) is 17.9 Å². The fourth-order valence-electron chi connectivity index (χ4n) is 4.82. The molecule has 0 fully saturated rings. The summed E-state index contributed by atoms with van der Waals surface area (Å²) in [6, 6.07) is 37.7. The molecule has 196 valence electrons. The first-order chi connectivity index (χ1) is 19.6. The van der Waals surface area contributed by atoms with Crippen LogP contribution in [0.3, 0.4) is 0 Å². The highest BCUT2D eigenvalue weighted by atomic mass is 16.2. The summed E-state index contributed by atoms with van der Waals surface area (Å²) in [5, 5.41) is 15.0. The molecule has 0 aliphatic carbocycles. The zero-order valence-electron chi connectivity index (χ0n) is 21.7. The van der Waals surface area contributed by atoms with Gasteiger partial charge in [-0.3, -0.25) is 9.59 Å². The normalized spacial score (nSPS) is 11.0. The van der Waals surface area contributed by atoms with E-state index in [-0.39, 0.29) is 18.4 Å². The number of nitrogens with zero attached hydrogens (tertiary/aromatic N) is 2. The SMILES string of the molecule is NCC(=O)Nc1ccc(-n2nc(C(=O)NCc3ccccc3)cc2-c2ccc3ccc4ccccc4c3c2)cc1. The molecule has 1 heterocycles. The number of benzene rings is 5. The fraction of sp³-hybridized carbons (Fsp3) is 0.0606. The first-order valence-electron chi connectivity index (χ1n) is 13.0. The van der Waals surface area contributed by atoms with Gasteiger partial charge in [-0.25, -0.2) is 4.68 Å². The molecular weight excluding hydrogens is 498 g/mol. The molecule has 6 rings (SSSR count). The molecule has 0 saturated carbocycles. The number of rotatable bonds is 7. The van der Waals surface area contributed by atoms with Crippen LogP contribution < -0.4 is 16.4 Å². The van der Waals surface area contributed by atoms with E-state index in [1.807, 2.05) is 66.7 Å². The van der Waals surface area contributed by atoms with Gasteiger partial charge < -0.3 is 16.4 Å². The van der Waals surface area contributed by atoms with Crippen molar-refractivity contribution in [1.29, 1.82) is 0 Å². The van der Waals surface area contributed by atoms with E-state index in [4.69, 9.17) is 10.8 Å². The van der Waals surface area contributed by atoms with Crippen molar-refractivity contribution in [2.24, 2.45) is 5.73 Å². The van der Waals surface area contributed by atoms with Crippen molar-refractivity contribution in [3.63, 3.8) is 0 Å². The van der Waals surface area contributed by atoms with Gasteiger partial charge in [0.2, 0.25) is 5.91 Å². The Hall–Kier alpha value is -5.27. The zero-order chi connectivity index (χ0) is 27.5. The van der Waals surface area contributed by atoms with Gasteiger partial charge in [-0.2, -0.15) is 5.10 Å². The van der Waals surface area contributed by atoms with Crippen LogP contribution in [0.5, 0.6) is 0 Å². The number of hydrogen-bond acceptors (Lipinski definition) is 4. The van der Waals surface area contributed by atoms with Crippen LogP contribution in [0.1, 0.15) is 16.1 Å². The Bertz CT molecular complexity index is 1840. The number of nitrogens with two attached hydrogens (primary N) is 1. The third-order valence-electron chi connectivity index (χ3n) is 6.86. The van der Waals surface area contributed by atoms with Crippen molar-refractivity contribution in [2.75, 3.05) is 11.9 Å². The van der Waals surface area contributed by atoms with E-state index >= 15 is 0 Å². The van der Waals surface area contributed by atoms with E-state index < -0.39 is 0 Å². The lowest BCUT2D eigenvalue weighted by atomic mass is 9.99. The molecule has 40 heavy (non-hydrogen) atoms. The summed E-state index contributed by atoms with van der Waals surface area (Å²) in [4.78, 5) is 24.9. The number of carbonyl (C=O) groups excluding carboxylic acids is 2. The molecule has 5 aromatic carbocycles. The monoisotopic (exact) mass is 525 g/mol. The van der Waals surface area contributed by atoms with E-state index in [0.717, 1.165) is 44.1 Å². The van der Waals surface area contributed by atoms with Crippen LogP contribution >= 0.6 is 0 Å². The summed E-state index contributed by atoms with van der Waals surface area (Å²) >= 11 is 0. The predicted octanol–water partition coefficient (Wildman–Crippen LogP) is 5.67. The third-order valence-corrected chi connectivity index (χ3v) is 6.86. The smallest absolute Gasteiger partial charge is 0.272 e. The van der Waals surface area contributed by atoms with Gasteiger partial charge in [-0.15, -0.1) is 0 Å². The van der Waals surface area contributed by atoms with E-state index in [9.17, 15) is 9.59 Å². The van der Waals surface area contributed by atoms with Crippen molar-refractivity contribution in [3.05, 3.63) is 127 Å². The average molecular weight is 526 g/mol. The Morgan fingerprint density at radius 1 is 0.750 bits per heavy atom. The van der Waals surface area contributed by atoms with Gasteiger partial charge >= 0.3 is 0 Å². The highest BCUT2D eigenvalue weighted by Gasteiger charge is 2.18. The molecule has 0 aliphatic heterocycles. The van der Waals surface area contributed by atoms with Crippen LogP contribution in [0.4, 0.5) is 5.69 Å². The molecule has 0 spiro atoms. The van der Waals surface area contributed by atoms with Crippen LogP contribution in [-0.4, -0.2) is 28.1 Å². The Morgan fingerprint density at radius 3 is 2.23 bits per heavy atom. The lowest BCUT2D eigenvalue weighted by molar-refractivity contribution is -0.114. The van der Waals surface area contributed by atoms with Gasteiger partial charge in [0.25, 0.3) is 5.91 Å². The molecule has 0 saturated heterocycles.